The minimum atomic E-state index is -0.442. The summed E-state index contributed by atoms with van der Waals surface area (Å²) < 4.78 is 12.6. The van der Waals surface area contributed by atoms with Crippen LogP contribution in [0, 0.1) is 5.82 Å². The highest BCUT2D eigenvalue weighted by Gasteiger charge is 2.11. The van der Waals surface area contributed by atoms with Crippen molar-refractivity contribution in [3.8, 4) is 0 Å². The summed E-state index contributed by atoms with van der Waals surface area (Å²) in [7, 11) is 2.78. The zero-order valence-corrected chi connectivity index (χ0v) is 9.57. The molecular weight excluding hydrogens is 227 g/mol. The molecule has 6 heteroatoms. The van der Waals surface area contributed by atoms with Gasteiger partial charge in [-0.1, -0.05) is 0 Å². The number of hydrogen-bond acceptors (Lipinski definition) is 3. The van der Waals surface area contributed by atoms with E-state index in [1.165, 1.54) is 38.4 Å². The Balaban J connectivity index is 2.50. The average molecular weight is 240 g/mol. The molecule has 5 nitrogen and oxygen atoms in total. The minimum absolute atomic E-state index is 0.180. The number of nitrogens with zero attached hydrogens (tertiary/aromatic N) is 1. The number of hydrogen-bond donors (Lipinski definition) is 1. The van der Waals surface area contributed by atoms with Crippen LogP contribution in [0.3, 0.4) is 0 Å². The van der Waals surface area contributed by atoms with E-state index < -0.39 is 11.7 Å². The van der Waals surface area contributed by atoms with Gasteiger partial charge in [-0.05, 0) is 24.3 Å². The number of nitrogens with one attached hydrogen (secondary N) is 1. The standard InChI is InChI=1S/C11H13FN2O3/c1-14(17-2)10(15)7-13-11(16)8-3-5-9(12)6-4-8/h3-6H,7H2,1-2H3,(H,13,16). The highest BCUT2D eigenvalue weighted by molar-refractivity contribution is 5.96. The Morgan fingerprint density at radius 3 is 2.47 bits per heavy atom. The van der Waals surface area contributed by atoms with E-state index in [9.17, 15) is 14.0 Å². The van der Waals surface area contributed by atoms with Gasteiger partial charge in [0.15, 0.2) is 0 Å². The number of carbonyl (C=O) groups is 2. The van der Waals surface area contributed by atoms with Crippen LogP contribution in [0.15, 0.2) is 24.3 Å². The van der Waals surface area contributed by atoms with Gasteiger partial charge in [0.1, 0.15) is 5.82 Å². The highest BCUT2D eigenvalue weighted by atomic mass is 19.1. The van der Waals surface area contributed by atoms with Gasteiger partial charge in [-0.3, -0.25) is 14.4 Å². The number of rotatable bonds is 4. The quantitative estimate of drug-likeness (QED) is 0.783. The number of amides is 2. The van der Waals surface area contributed by atoms with Crippen LogP contribution in [0.25, 0.3) is 0 Å². The Morgan fingerprint density at radius 2 is 1.94 bits per heavy atom. The van der Waals surface area contributed by atoms with Crippen molar-refractivity contribution in [1.29, 1.82) is 0 Å². The number of halogens is 1. The summed E-state index contributed by atoms with van der Waals surface area (Å²) in [4.78, 5) is 27.5. The van der Waals surface area contributed by atoms with Gasteiger partial charge in [0.25, 0.3) is 11.8 Å². The predicted molar refractivity (Wildman–Crippen MR) is 58.5 cm³/mol. The second kappa shape index (κ2) is 5.95. The fraction of sp³-hybridized carbons (Fsp3) is 0.273. The van der Waals surface area contributed by atoms with Gasteiger partial charge in [0.05, 0.1) is 13.7 Å². The Kier molecular flexibility index (Phi) is 4.59. The first-order valence-corrected chi connectivity index (χ1v) is 4.89. The van der Waals surface area contributed by atoms with Crippen molar-refractivity contribution in [1.82, 2.24) is 10.4 Å². The van der Waals surface area contributed by atoms with E-state index in [2.05, 4.69) is 10.2 Å². The third kappa shape index (κ3) is 3.84. The van der Waals surface area contributed by atoms with Crippen molar-refractivity contribution >= 4 is 11.8 Å². The third-order valence-corrected chi connectivity index (χ3v) is 2.13. The third-order valence-electron chi connectivity index (χ3n) is 2.13. The van der Waals surface area contributed by atoms with Crippen LogP contribution in [-0.2, 0) is 9.63 Å². The molecule has 1 aromatic rings. The lowest BCUT2D eigenvalue weighted by atomic mass is 10.2. The molecule has 0 fully saturated rings. The lowest BCUT2D eigenvalue weighted by Gasteiger charge is -2.13. The predicted octanol–water partition coefficient (Wildman–Crippen LogP) is 0.575. The average Bonchev–Trinajstić information content (AvgIpc) is 2.35. The maximum absolute atomic E-state index is 12.6. The molecule has 0 aliphatic carbocycles. The first kappa shape index (κ1) is 13.1. The Bertz CT molecular complexity index is 406. The molecular formula is C11H13FN2O3. The molecule has 0 aliphatic heterocycles. The molecule has 0 heterocycles. The Hall–Kier alpha value is -1.95. The number of hydroxylamine groups is 2. The van der Waals surface area contributed by atoms with Gasteiger partial charge in [0, 0.05) is 12.6 Å². The van der Waals surface area contributed by atoms with Crippen molar-refractivity contribution in [2.45, 2.75) is 0 Å². The summed E-state index contributed by atoms with van der Waals surface area (Å²) in [5.74, 6) is -1.25. The molecule has 1 rings (SSSR count). The van der Waals surface area contributed by atoms with Gasteiger partial charge < -0.3 is 5.32 Å². The Labute approximate surface area is 98.1 Å². The summed E-state index contributed by atoms with van der Waals surface area (Å²) in [6.45, 7) is -0.180. The van der Waals surface area contributed by atoms with E-state index in [0.717, 1.165) is 5.06 Å². The van der Waals surface area contributed by atoms with E-state index in [1.54, 1.807) is 0 Å². The zero-order valence-electron chi connectivity index (χ0n) is 9.57. The lowest BCUT2D eigenvalue weighted by molar-refractivity contribution is -0.167. The summed E-state index contributed by atoms with van der Waals surface area (Å²) >= 11 is 0. The largest absolute Gasteiger partial charge is 0.343 e. The Morgan fingerprint density at radius 1 is 1.35 bits per heavy atom. The van der Waals surface area contributed by atoms with Crippen LogP contribution in [0.2, 0.25) is 0 Å². The molecule has 0 saturated carbocycles. The molecule has 17 heavy (non-hydrogen) atoms. The monoisotopic (exact) mass is 240 g/mol. The molecule has 0 bridgehead atoms. The van der Waals surface area contributed by atoms with Crippen molar-refractivity contribution in [3.05, 3.63) is 35.6 Å². The van der Waals surface area contributed by atoms with Gasteiger partial charge in [-0.2, -0.15) is 0 Å². The van der Waals surface area contributed by atoms with Crippen LogP contribution in [-0.4, -0.2) is 37.6 Å². The minimum Gasteiger partial charge on any atom is -0.343 e. The smallest absolute Gasteiger partial charge is 0.265 e. The van der Waals surface area contributed by atoms with Gasteiger partial charge in [-0.25, -0.2) is 9.45 Å². The van der Waals surface area contributed by atoms with Gasteiger partial charge in [-0.15, -0.1) is 0 Å². The highest BCUT2D eigenvalue weighted by Crippen LogP contribution is 2.02. The van der Waals surface area contributed by atoms with Crippen LogP contribution in [0.1, 0.15) is 10.4 Å². The lowest BCUT2D eigenvalue weighted by Crippen LogP contribution is -2.37. The fourth-order valence-electron chi connectivity index (χ4n) is 1.07. The molecule has 92 valence electrons. The molecule has 2 amide bonds. The summed E-state index contributed by atoms with van der Waals surface area (Å²) in [6, 6.07) is 5.04. The van der Waals surface area contributed by atoms with E-state index in [-0.39, 0.29) is 12.5 Å². The van der Waals surface area contributed by atoms with E-state index in [4.69, 9.17) is 0 Å². The molecule has 0 spiro atoms. The maximum atomic E-state index is 12.6. The molecule has 0 radical (unpaired) electrons. The van der Waals surface area contributed by atoms with Crippen LogP contribution in [0.5, 0.6) is 0 Å². The van der Waals surface area contributed by atoms with Crippen LogP contribution in [0.4, 0.5) is 4.39 Å². The van der Waals surface area contributed by atoms with Crippen LogP contribution < -0.4 is 5.32 Å². The summed E-state index contributed by atoms with van der Waals surface area (Å²) in [5.41, 5.74) is 0.291. The second-order valence-corrected chi connectivity index (χ2v) is 3.26. The molecule has 0 aliphatic rings. The normalized spacial score (nSPS) is 9.82. The van der Waals surface area contributed by atoms with Gasteiger partial charge in [0.2, 0.25) is 0 Å². The van der Waals surface area contributed by atoms with Crippen LogP contribution >= 0.6 is 0 Å². The second-order valence-electron chi connectivity index (χ2n) is 3.26. The van der Waals surface area contributed by atoms with Crippen molar-refractivity contribution in [2.75, 3.05) is 20.7 Å². The van der Waals surface area contributed by atoms with Gasteiger partial charge >= 0.3 is 0 Å². The molecule has 1 N–H and O–H groups in total. The first-order valence-electron chi connectivity index (χ1n) is 4.89. The maximum Gasteiger partial charge on any atom is 0.265 e. The molecule has 1 aromatic carbocycles. The number of carbonyl (C=O) groups excluding carboxylic acids is 2. The van der Waals surface area contributed by atoms with Crippen molar-refractivity contribution in [3.63, 3.8) is 0 Å². The van der Waals surface area contributed by atoms with Crippen molar-refractivity contribution in [2.24, 2.45) is 0 Å². The van der Waals surface area contributed by atoms with E-state index in [1.807, 2.05) is 0 Å². The summed E-state index contributed by atoms with van der Waals surface area (Å²) in [6.07, 6.45) is 0. The fourth-order valence-corrected chi connectivity index (χ4v) is 1.07. The zero-order chi connectivity index (χ0) is 12.8. The van der Waals surface area contributed by atoms with E-state index >= 15 is 0 Å². The number of likely N-dealkylation sites (N-methyl/N-ethyl adjacent to an activating group) is 1. The molecule has 0 atom stereocenters. The SMILES string of the molecule is CON(C)C(=O)CNC(=O)c1ccc(F)cc1. The molecule has 0 unspecified atom stereocenters. The molecule has 0 aromatic heterocycles. The number of benzene rings is 1. The van der Waals surface area contributed by atoms with E-state index in [0.29, 0.717) is 5.56 Å². The topological polar surface area (TPSA) is 58.6 Å². The molecule has 0 saturated heterocycles. The van der Waals surface area contributed by atoms with Crippen molar-refractivity contribution < 1.29 is 18.8 Å². The summed E-state index contributed by atoms with van der Waals surface area (Å²) in [5, 5.41) is 3.41. The first-order chi connectivity index (χ1) is 8.04.